The fourth-order valence-corrected chi connectivity index (χ4v) is 4.61. The quantitative estimate of drug-likeness (QED) is 0.886. The van der Waals surface area contributed by atoms with Crippen molar-refractivity contribution >= 4 is 10.8 Å². The maximum Gasteiger partial charge on any atom is 0.0110 e. The van der Waals surface area contributed by atoms with Crippen LogP contribution >= 0.6 is 0 Å². The van der Waals surface area contributed by atoms with Gasteiger partial charge in [-0.25, -0.2) is 0 Å². The summed E-state index contributed by atoms with van der Waals surface area (Å²) in [7, 11) is 0. The normalized spacial score (nSPS) is 29.9. The number of nitrogens with two attached hydrogens (primary N) is 1. The maximum absolute atomic E-state index is 6.54. The van der Waals surface area contributed by atoms with Crippen molar-refractivity contribution in [1.82, 2.24) is 0 Å². The molecule has 20 heavy (non-hydrogen) atoms. The molecular weight excluding hydrogens is 242 g/mol. The fraction of sp³-hybridized carbons (Fsp3) is 0.474. The lowest BCUT2D eigenvalue weighted by atomic mass is 9.81. The molecule has 2 N–H and O–H groups in total. The van der Waals surface area contributed by atoms with E-state index in [1.54, 1.807) is 0 Å². The SMILES string of the molecule is NC(Cc1ccc2ccccc2c1)C1CC2CCC1C2. The van der Waals surface area contributed by atoms with E-state index >= 15 is 0 Å². The summed E-state index contributed by atoms with van der Waals surface area (Å²) in [6, 6.07) is 15.8. The summed E-state index contributed by atoms with van der Waals surface area (Å²) in [6.07, 6.45) is 6.78. The molecule has 2 bridgehead atoms. The van der Waals surface area contributed by atoms with E-state index in [4.69, 9.17) is 5.73 Å². The third-order valence-electron chi connectivity index (χ3n) is 5.63. The smallest absolute Gasteiger partial charge is 0.0110 e. The van der Waals surface area contributed by atoms with Crippen molar-refractivity contribution in [1.29, 1.82) is 0 Å². The Morgan fingerprint density at radius 1 is 1.00 bits per heavy atom. The van der Waals surface area contributed by atoms with Gasteiger partial charge in [-0.2, -0.15) is 0 Å². The first-order valence-corrected chi connectivity index (χ1v) is 8.03. The highest BCUT2D eigenvalue weighted by atomic mass is 14.7. The van der Waals surface area contributed by atoms with Crippen molar-refractivity contribution < 1.29 is 0 Å². The number of rotatable bonds is 3. The highest BCUT2D eigenvalue weighted by Gasteiger charge is 2.41. The molecule has 4 rings (SSSR count). The van der Waals surface area contributed by atoms with Gasteiger partial charge in [-0.3, -0.25) is 0 Å². The fourth-order valence-electron chi connectivity index (χ4n) is 4.61. The lowest BCUT2D eigenvalue weighted by molar-refractivity contribution is 0.280. The van der Waals surface area contributed by atoms with Crippen LogP contribution in [0.4, 0.5) is 0 Å². The van der Waals surface area contributed by atoms with Crippen molar-refractivity contribution in [2.24, 2.45) is 23.5 Å². The second kappa shape index (κ2) is 4.89. The van der Waals surface area contributed by atoms with Gasteiger partial charge in [0.25, 0.3) is 0 Å². The second-order valence-corrected chi connectivity index (χ2v) is 6.89. The Bertz CT molecular complexity index is 618. The lowest BCUT2D eigenvalue weighted by Gasteiger charge is -2.27. The van der Waals surface area contributed by atoms with Gasteiger partial charge in [0, 0.05) is 6.04 Å². The first kappa shape index (κ1) is 12.4. The van der Waals surface area contributed by atoms with E-state index in [1.165, 1.54) is 42.0 Å². The molecular formula is C19H23N. The van der Waals surface area contributed by atoms with Crippen LogP contribution in [0.15, 0.2) is 42.5 Å². The number of benzene rings is 2. The molecule has 0 saturated heterocycles. The summed E-state index contributed by atoms with van der Waals surface area (Å²) < 4.78 is 0. The van der Waals surface area contributed by atoms with Crippen molar-refractivity contribution in [2.45, 2.75) is 38.1 Å². The van der Waals surface area contributed by atoms with E-state index in [0.29, 0.717) is 6.04 Å². The molecule has 2 fully saturated rings. The van der Waals surface area contributed by atoms with Gasteiger partial charge < -0.3 is 5.73 Å². The Balaban J connectivity index is 1.52. The van der Waals surface area contributed by atoms with Gasteiger partial charge in [0.2, 0.25) is 0 Å². The minimum atomic E-state index is 0.353. The van der Waals surface area contributed by atoms with Crippen LogP contribution in [-0.2, 0) is 6.42 Å². The summed E-state index contributed by atoms with van der Waals surface area (Å²) in [6.45, 7) is 0. The molecule has 0 aromatic heterocycles. The van der Waals surface area contributed by atoms with Crippen LogP contribution in [0.5, 0.6) is 0 Å². The van der Waals surface area contributed by atoms with Crippen molar-refractivity contribution in [3.05, 3.63) is 48.0 Å². The van der Waals surface area contributed by atoms with Crippen molar-refractivity contribution in [3.8, 4) is 0 Å². The number of hydrogen-bond acceptors (Lipinski definition) is 1. The third kappa shape index (κ3) is 2.14. The summed E-state index contributed by atoms with van der Waals surface area (Å²) >= 11 is 0. The Morgan fingerprint density at radius 3 is 2.60 bits per heavy atom. The Labute approximate surface area is 121 Å². The van der Waals surface area contributed by atoms with Crippen LogP contribution in [0, 0.1) is 17.8 Å². The summed E-state index contributed by atoms with van der Waals surface area (Å²) in [5.41, 5.74) is 7.94. The van der Waals surface area contributed by atoms with Gasteiger partial charge in [0.15, 0.2) is 0 Å². The van der Waals surface area contributed by atoms with Crippen LogP contribution in [-0.4, -0.2) is 6.04 Å². The van der Waals surface area contributed by atoms with Crippen LogP contribution in [0.3, 0.4) is 0 Å². The highest BCUT2D eigenvalue weighted by molar-refractivity contribution is 5.82. The average molecular weight is 265 g/mol. The van der Waals surface area contributed by atoms with Crippen LogP contribution in [0.2, 0.25) is 0 Å². The summed E-state index contributed by atoms with van der Waals surface area (Å²) in [5.74, 6) is 2.70. The molecule has 0 amide bonds. The molecule has 0 spiro atoms. The molecule has 0 aliphatic heterocycles. The molecule has 2 aliphatic carbocycles. The van der Waals surface area contributed by atoms with Crippen LogP contribution in [0.25, 0.3) is 10.8 Å². The summed E-state index contributed by atoms with van der Waals surface area (Å²) in [4.78, 5) is 0. The van der Waals surface area contributed by atoms with Gasteiger partial charge in [0.05, 0.1) is 0 Å². The zero-order chi connectivity index (χ0) is 13.5. The van der Waals surface area contributed by atoms with Crippen molar-refractivity contribution in [3.63, 3.8) is 0 Å². The predicted molar refractivity (Wildman–Crippen MR) is 84.6 cm³/mol. The van der Waals surface area contributed by atoms with E-state index in [2.05, 4.69) is 42.5 Å². The van der Waals surface area contributed by atoms with Crippen LogP contribution in [0.1, 0.15) is 31.2 Å². The largest absolute Gasteiger partial charge is 0.327 e. The third-order valence-corrected chi connectivity index (χ3v) is 5.63. The molecule has 2 aliphatic rings. The van der Waals surface area contributed by atoms with E-state index in [1.807, 2.05) is 0 Å². The Morgan fingerprint density at radius 2 is 1.85 bits per heavy atom. The van der Waals surface area contributed by atoms with E-state index in [0.717, 1.165) is 24.2 Å². The minimum Gasteiger partial charge on any atom is -0.327 e. The molecule has 0 heterocycles. The highest BCUT2D eigenvalue weighted by Crippen LogP contribution is 2.49. The molecule has 1 heteroatoms. The first-order chi connectivity index (χ1) is 9.79. The monoisotopic (exact) mass is 265 g/mol. The molecule has 104 valence electrons. The zero-order valence-corrected chi connectivity index (χ0v) is 12.0. The Kier molecular flexibility index (Phi) is 3.03. The van der Waals surface area contributed by atoms with Gasteiger partial charge in [-0.1, -0.05) is 48.9 Å². The molecule has 2 saturated carbocycles. The van der Waals surface area contributed by atoms with Gasteiger partial charge in [0.1, 0.15) is 0 Å². The summed E-state index contributed by atoms with van der Waals surface area (Å²) in [5, 5.41) is 2.66. The molecule has 1 nitrogen and oxygen atoms in total. The minimum absolute atomic E-state index is 0.353. The average Bonchev–Trinajstić information content (AvgIpc) is 3.10. The molecule has 4 unspecified atom stereocenters. The Hall–Kier alpha value is -1.34. The maximum atomic E-state index is 6.54. The molecule has 4 atom stereocenters. The lowest BCUT2D eigenvalue weighted by Crippen LogP contribution is -2.35. The van der Waals surface area contributed by atoms with Crippen molar-refractivity contribution in [2.75, 3.05) is 0 Å². The second-order valence-electron chi connectivity index (χ2n) is 6.89. The van der Waals surface area contributed by atoms with E-state index < -0.39 is 0 Å². The zero-order valence-electron chi connectivity index (χ0n) is 12.0. The number of fused-ring (bicyclic) bond motifs is 3. The number of hydrogen-bond donors (Lipinski definition) is 1. The standard InChI is InChI=1S/C19H23N/c20-19(18-11-13-6-8-17(18)10-13)12-14-5-7-15-3-1-2-4-16(15)9-14/h1-5,7,9,13,17-19H,6,8,10-12,20H2. The predicted octanol–water partition coefficient (Wildman–Crippen LogP) is 4.15. The van der Waals surface area contributed by atoms with E-state index in [9.17, 15) is 0 Å². The molecule has 0 radical (unpaired) electrons. The van der Waals surface area contributed by atoms with Gasteiger partial charge in [-0.15, -0.1) is 0 Å². The molecule has 2 aromatic carbocycles. The van der Waals surface area contributed by atoms with Gasteiger partial charge in [-0.05, 0) is 59.8 Å². The van der Waals surface area contributed by atoms with Crippen LogP contribution < -0.4 is 5.73 Å². The topological polar surface area (TPSA) is 26.0 Å². The van der Waals surface area contributed by atoms with E-state index in [-0.39, 0.29) is 0 Å². The van der Waals surface area contributed by atoms with Gasteiger partial charge >= 0.3 is 0 Å². The molecule has 2 aromatic rings. The first-order valence-electron chi connectivity index (χ1n) is 8.03.